The first kappa shape index (κ1) is 8.57. The summed E-state index contributed by atoms with van der Waals surface area (Å²) >= 11 is 5.38. The van der Waals surface area contributed by atoms with Crippen molar-refractivity contribution in [1.82, 2.24) is 0 Å². The number of ether oxygens (including phenoxy) is 1. The SMILES string of the molecule is [CH2]C(OCCl)c1ccccc1. The normalized spacial score (nSPS) is 12.9. The van der Waals surface area contributed by atoms with Crippen molar-refractivity contribution < 1.29 is 4.74 Å². The predicted molar refractivity (Wildman–Crippen MR) is 46.3 cm³/mol. The van der Waals surface area contributed by atoms with Crippen LogP contribution >= 0.6 is 11.6 Å². The summed E-state index contributed by atoms with van der Waals surface area (Å²) in [4.78, 5) is 0. The van der Waals surface area contributed by atoms with Gasteiger partial charge in [-0.15, -0.1) is 0 Å². The lowest BCUT2D eigenvalue weighted by molar-refractivity contribution is 0.123. The summed E-state index contributed by atoms with van der Waals surface area (Å²) in [5.41, 5.74) is 1.05. The zero-order valence-corrected chi connectivity index (χ0v) is 6.92. The van der Waals surface area contributed by atoms with E-state index in [0.29, 0.717) is 0 Å². The molecule has 1 aromatic rings. The molecule has 1 aromatic carbocycles. The van der Waals surface area contributed by atoms with Crippen LogP contribution in [0.5, 0.6) is 0 Å². The van der Waals surface area contributed by atoms with Gasteiger partial charge in [0.2, 0.25) is 0 Å². The fourth-order valence-corrected chi connectivity index (χ4v) is 0.992. The van der Waals surface area contributed by atoms with E-state index in [1.54, 1.807) is 0 Å². The fourth-order valence-electron chi connectivity index (χ4n) is 0.840. The molecule has 11 heavy (non-hydrogen) atoms. The predicted octanol–water partition coefficient (Wildman–Crippen LogP) is 2.77. The molecule has 0 aliphatic rings. The second-order valence-electron chi connectivity index (χ2n) is 2.18. The highest BCUT2D eigenvalue weighted by molar-refractivity contribution is 6.17. The van der Waals surface area contributed by atoms with E-state index >= 15 is 0 Å². The van der Waals surface area contributed by atoms with Gasteiger partial charge in [0.25, 0.3) is 0 Å². The zero-order chi connectivity index (χ0) is 8.10. The molecule has 0 saturated heterocycles. The van der Waals surface area contributed by atoms with Crippen LogP contribution in [0.2, 0.25) is 0 Å². The minimum absolute atomic E-state index is 0.159. The topological polar surface area (TPSA) is 9.23 Å². The van der Waals surface area contributed by atoms with E-state index in [-0.39, 0.29) is 12.2 Å². The Morgan fingerprint density at radius 3 is 2.55 bits per heavy atom. The van der Waals surface area contributed by atoms with Gasteiger partial charge in [0.15, 0.2) is 0 Å². The summed E-state index contributed by atoms with van der Waals surface area (Å²) in [6.07, 6.45) is -0.159. The molecule has 0 spiro atoms. The Balaban J connectivity index is 2.61. The van der Waals surface area contributed by atoms with Crippen LogP contribution in [0.1, 0.15) is 11.7 Å². The van der Waals surface area contributed by atoms with Gasteiger partial charge in [-0.05, 0) is 12.5 Å². The van der Waals surface area contributed by atoms with Crippen molar-refractivity contribution in [1.29, 1.82) is 0 Å². The van der Waals surface area contributed by atoms with Gasteiger partial charge in [-0.1, -0.05) is 41.9 Å². The average Bonchev–Trinajstić information content (AvgIpc) is 2.07. The van der Waals surface area contributed by atoms with Crippen molar-refractivity contribution in [3.05, 3.63) is 42.8 Å². The largest absolute Gasteiger partial charge is 0.358 e. The number of benzene rings is 1. The van der Waals surface area contributed by atoms with Gasteiger partial charge < -0.3 is 4.74 Å². The summed E-state index contributed by atoms with van der Waals surface area (Å²) < 4.78 is 5.08. The van der Waals surface area contributed by atoms with Crippen molar-refractivity contribution in [2.45, 2.75) is 6.10 Å². The third kappa shape index (κ3) is 2.52. The van der Waals surface area contributed by atoms with E-state index in [0.717, 1.165) is 5.56 Å². The number of rotatable bonds is 3. The van der Waals surface area contributed by atoms with Gasteiger partial charge in [0, 0.05) is 0 Å². The second-order valence-corrected chi connectivity index (χ2v) is 2.39. The number of hydrogen-bond donors (Lipinski definition) is 0. The number of hydrogen-bond acceptors (Lipinski definition) is 1. The van der Waals surface area contributed by atoms with Crippen LogP contribution < -0.4 is 0 Å². The fraction of sp³-hybridized carbons (Fsp3) is 0.222. The minimum atomic E-state index is -0.159. The van der Waals surface area contributed by atoms with Gasteiger partial charge in [-0.25, -0.2) is 0 Å². The molecule has 0 bridgehead atoms. The summed E-state index contributed by atoms with van der Waals surface area (Å²) in [7, 11) is 0. The third-order valence-corrected chi connectivity index (χ3v) is 1.56. The van der Waals surface area contributed by atoms with Crippen LogP contribution in [0.3, 0.4) is 0 Å². The van der Waals surface area contributed by atoms with Gasteiger partial charge in [0.1, 0.15) is 6.07 Å². The Morgan fingerprint density at radius 1 is 1.36 bits per heavy atom. The molecule has 1 nitrogen and oxygen atoms in total. The maximum Gasteiger partial charge on any atom is 0.121 e. The lowest BCUT2D eigenvalue weighted by atomic mass is 10.1. The van der Waals surface area contributed by atoms with Gasteiger partial charge in [-0.2, -0.15) is 0 Å². The third-order valence-electron chi connectivity index (χ3n) is 1.44. The molecule has 0 aromatic heterocycles. The van der Waals surface area contributed by atoms with E-state index in [1.165, 1.54) is 0 Å². The van der Waals surface area contributed by atoms with Crippen molar-refractivity contribution in [2.24, 2.45) is 0 Å². The molecule has 0 saturated carbocycles. The Hall–Kier alpha value is -0.530. The van der Waals surface area contributed by atoms with E-state index in [1.807, 2.05) is 30.3 Å². The Morgan fingerprint density at radius 2 is 2.00 bits per heavy atom. The molecule has 1 unspecified atom stereocenters. The van der Waals surface area contributed by atoms with E-state index in [2.05, 4.69) is 6.92 Å². The van der Waals surface area contributed by atoms with E-state index < -0.39 is 0 Å². The van der Waals surface area contributed by atoms with Gasteiger partial charge in [-0.3, -0.25) is 0 Å². The molecule has 1 atom stereocenters. The van der Waals surface area contributed by atoms with Crippen LogP contribution in [0.25, 0.3) is 0 Å². The first-order valence-electron chi connectivity index (χ1n) is 3.40. The monoisotopic (exact) mass is 169 g/mol. The van der Waals surface area contributed by atoms with Crippen molar-refractivity contribution in [3.8, 4) is 0 Å². The molecule has 0 fully saturated rings. The maximum absolute atomic E-state index is 5.38. The molecule has 2 heteroatoms. The van der Waals surface area contributed by atoms with E-state index in [4.69, 9.17) is 16.3 Å². The molecule has 1 radical (unpaired) electrons. The Labute approximate surface area is 71.9 Å². The molecule has 0 heterocycles. The van der Waals surface area contributed by atoms with Crippen LogP contribution in [0.15, 0.2) is 30.3 Å². The highest BCUT2D eigenvalue weighted by Crippen LogP contribution is 2.15. The van der Waals surface area contributed by atoms with Crippen molar-refractivity contribution in [2.75, 3.05) is 6.07 Å². The highest BCUT2D eigenvalue weighted by atomic mass is 35.5. The van der Waals surface area contributed by atoms with E-state index in [9.17, 15) is 0 Å². The lowest BCUT2D eigenvalue weighted by Gasteiger charge is -2.09. The molecule has 59 valence electrons. The van der Waals surface area contributed by atoms with Gasteiger partial charge in [0.05, 0.1) is 6.10 Å². The molecule has 0 N–H and O–H groups in total. The number of alkyl halides is 1. The van der Waals surface area contributed by atoms with Crippen molar-refractivity contribution >= 4 is 11.6 Å². The molecule has 0 amide bonds. The van der Waals surface area contributed by atoms with Crippen molar-refractivity contribution in [3.63, 3.8) is 0 Å². The average molecular weight is 170 g/mol. The Bertz CT molecular complexity index is 198. The second kappa shape index (κ2) is 4.37. The maximum atomic E-state index is 5.38. The highest BCUT2D eigenvalue weighted by Gasteiger charge is 2.02. The lowest BCUT2D eigenvalue weighted by Crippen LogP contribution is -1.97. The quantitative estimate of drug-likeness (QED) is 0.633. The van der Waals surface area contributed by atoms with Crippen LogP contribution in [0.4, 0.5) is 0 Å². The van der Waals surface area contributed by atoms with Gasteiger partial charge >= 0.3 is 0 Å². The standard InChI is InChI=1S/C9H10ClO/c1-8(11-7-10)9-5-3-2-4-6-9/h2-6,8H,1,7H2. The first-order chi connectivity index (χ1) is 5.34. The first-order valence-corrected chi connectivity index (χ1v) is 3.93. The summed E-state index contributed by atoms with van der Waals surface area (Å²) in [6.45, 7) is 3.79. The summed E-state index contributed by atoms with van der Waals surface area (Å²) in [6, 6.07) is 9.96. The van der Waals surface area contributed by atoms with Crippen LogP contribution in [-0.4, -0.2) is 6.07 Å². The number of halogens is 1. The zero-order valence-electron chi connectivity index (χ0n) is 6.16. The smallest absolute Gasteiger partial charge is 0.121 e. The molecular weight excluding hydrogens is 160 g/mol. The molecule has 0 aliphatic carbocycles. The molecule has 0 aliphatic heterocycles. The van der Waals surface area contributed by atoms with Crippen LogP contribution in [0, 0.1) is 6.92 Å². The minimum Gasteiger partial charge on any atom is -0.358 e. The summed E-state index contributed by atoms with van der Waals surface area (Å²) in [5, 5.41) is 0. The molecule has 1 rings (SSSR count). The molecular formula is C9H10ClO. The van der Waals surface area contributed by atoms with Crippen LogP contribution in [-0.2, 0) is 4.74 Å². The Kier molecular flexibility index (Phi) is 3.40. The summed E-state index contributed by atoms with van der Waals surface area (Å²) in [5.74, 6) is 0.